The summed E-state index contributed by atoms with van der Waals surface area (Å²) in [5.41, 5.74) is 1.01. The number of methoxy groups -OCH3 is 1. The third-order valence-corrected chi connectivity index (χ3v) is 5.01. The molecule has 3 rings (SSSR count). The monoisotopic (exact) mass is 349 g/mol. The number of benzene rings is 1. The molecule has 1 atom stereocenters. The van der Waals surface area contributed by atoms with Crippen molar-refractivity contribution >= 4 is 17.2 Å². The summed E-state index contributed by atoms with van der Waals surface area (Å²) in [5.74, 6) is -0.209. The summed E-state index contributed by atoms with van der Waals surface area (Å²) < 4.78 is 23.9. The van der Waals surface area contributed by atoms with E-state index in [1.807, 2.05) is 17.0 Å². The predicted octanol–water partition coefficient (Wildman–Crippen LogP) is 3.12. The molecule has 1 aromatic carbocycles. The Morgan fingerprint density at radius 3 is 2.88 bits per heavy atom. The van der Waals surface area contributed by atoms with Gasteiger partial charge in [-0.2, -0.15) is 0 Å². The summed E-state index contributed by atoms with van der Waals surface area (Å²) in [5, 5.41) is 0. The summed E-state index contributed by atoms with van der Waals surface area (Å²) in [6.07, 6.45) is 0.607. The number of hydrogen-bond acceptors (Lipinski definition) is 4. The van der Waals surface area contributed by atoms with Gasteiger partial charge in [-0.1, -0.05) is 12.1 Å². The van der Waals surface area contributed by atoms with E-state index in [0.29, 0.717) is 32.7 Å². The highest BCUT2D eigenvalue weighted by Gasteiger charge is 2.26. The molecule has 1 amide bonds. The first-order valence-corrected chi connectivity index (χ1v) is 8.70. The molecule has 1 saturated heterocycles. The Hall–Kier alpha value is -1.76. The number of halogens is 1. The van der Waals surface area contributed by atoms with Gasteiger partial charge in [0.25, 0.3) is 5.91 Å². The molecule has 1 fully saturated rings. The summed E-state index contributed by atoms with van der Waals surface area (Å²) >= 11 is 1.47. The van der Waals surface area contributed by atoms with E-state index in [0.717, 1.165) is 15.3 Å². The number of hydrogen-bond donors (Lipinski definition) is 0. The standard InChI is InChI=1S/C18H20FNO3S/c1-22-12-16-6-7-17(24-16)18(21)20-8-9-23-15(11-20)10-13-2-4-14(19)5-3-13/h2-7,15H,8-12H2,1H3/t15-/m1/s1. The maximum atomic E-state index is 13.0. The molecule has 24 heavy (non-hydrogen) atoms. The summed E-state index contributed by atoms with van der Waals surface area (Å²) in [6.45, 7) is 2.19. The van der Waals surface area contributed by atoms with Crippen LogP contribution in [0.3, 0.4) is 0 Å². The van der Waals surface area contributed by atoms with E-state index in [1.54, 1.807) is 19.2 Å². The Labute approximate surface area is 144 Å². The first kappa shape index (κ1) is 17.1. The van der Waals surface area contributed by atoms with Crippen molar-refractivity contribution in [1.82, 2.24) is 4.90 Å². The van der Waals surface area contributed by atoms with Crippen molar-refractivity contribution in [1.29, 1.82) is 0 Å². The largest absolute Gasteiger partial charge is 0.379 e. The molecule has 0 N–H and O–H groups in total. The smallest absolute Gasteiger partial charge is 0.264 e. The van der Waals surface area contributed by atoms with Crippen LogP contribution in [0.5, 0.6) is 0 Å². The SMILES string of the molecule is COCc1ccc(C(=O)N2CCO[C@H](Cc3ccc(F)cc3)C2)s1. The van der Waals surface area contributed by atoms with E-state index >= 15 is 0 Å². The van der Waals surface area contributed by atoms with E-state index in [9.17, 15) is 9.18 Å². The number of nitrogens with zero attached hydrogens (tertiary/aromatic N) is 1. The van der Waals surface area contributed by atoms with Gasteiger partial charge in [-0.05, 0) is 29.8 Å². The van der Waals surface area contributed by atoms with Crippen molar-refractivity contribution in [3.05, 3.63) is 57.5 Å². The van der Waals surface area contributed by atoms with E-state index in [1.165, 1.54) is 23.5 Å². The minimum atomic E-state index is -0.246. The minimum Gasteiger partial charge on any atom is -0.379 e. The van der Waals surface area contributed by atoms with Gasteiger partial charge in [-0.15, -0.1) is 11.3 Å². The van der Waals surface area contributed by atoms with E-state index < -0.39 is 0 Å². The zero-order valence-corrected chi connectivity index (χ0v) is 14.4. The van der Waals surface area contributed by atoms with Gasteiger partial charge in [0.05, 0.1) is 24.2 Å². The molecule has 6 heteroatoms. The van der Waals surface area contributed by atoms with Gasteiger partial charge in [0, 0.05) is 31.5 Å². The Morgan fingerprint density at radius 1 is 1.33 bits per heavy atom. The molecule has 1 aliphatic rings. The molecule has 1 aromatic heterocycles. The van der Waals surface area contributed by atoms with E-state index in [4.69, 9.17) is 9.47 Å². The van der Waals surface area contributed by atoms with Crippen LogP contribution in [-0.4, -0.2) is 43.7 Å². The Bertz CT molecular complexity index is 686. The van der Waals surface area contributed by atoms with Gasteiger partial charge in [0.1, 0.15) is 5.82 Å². The van der Waals surface area contributed by atoms with Crippen LogP contribution in [0.25, 0.3) is 0 Å². The highest BCUT2D eigenvalue weighted by atomic mass is 32.1. The molecule has 0 saturated carbocycles. The Morgan fingerprint density at radius 2 is 2.12 bits per heavy atom. The van der Waals surface area contributed by atoms with Crippen LogP contribution in [0.15, 0.2) is 36.4 Å². The van der Waals surface area contributed by atoms with Crippen LogP contribution in [0, 0.1) is 5.82 Å². The fourth-order valence-corrected chi connectivity index (χ4v) is 3.73. The van der Waals surface area contributed by atoms with Crippen molar-refractivity contribution in [2.75, 3.05) is 26.8 Å². The zero-order chi connectivity index (χ0) is 16.9. The normalized spacial score (nSPS) is 17.9. The second-order valence-electron chi connectivity index (χ2n) is 5.77. The van der Waals surface area contributed by atoms with Gasteiger partial charge in [-0.3, -0.25) is 4.79 Å². The highest BCUT2D eigenvalue weighted by Crippen LogP contribution is 2.21. The van der Waals surface area contributed by atoms with Gasteiger partial charge in [0.15, 0.2) is 0 Å². The first-order valence-electron chi connectivity index (χ1n) is 7.88. The van der Waals surface area contributed by atoms with Crippen LogP contribution >= 0.6 is 11.3 Å². The number of morpholine rings is 1. The minimum absolute atomic E-state index is 0.0368. The van der Waals surface area contributed by atoms with Crippen LogP contribution in [0.2, 0.25) is 0 Å². The number of rotatable bonds is 5. The predicted molar refractivity (Wildman–Crippen MR) is 90.8 cm³/mol. The van der Waals surface area contributed by atoms with Gasteiger partial charge >= 0.3 is 0 Å². The second kappa shape index (κ2) is 7.88. The molecule has 2 aromatic rings. The summed E-state index contributed by atoms with van der Waals surface area (Å²) in [4.78, 5) is 16.2. The van der Waals surface area contributed by atoms with Crippen molar-refractivity contribution in [3.63, 3.8) is 0 Å². The number of carbonyl (C=O) groups excluding carboxylic acids is 1. The summed E-state index contributed by atoms with van der Waals surface area (Å²) in [6, 6.07) is 10.2. The van der Waals surface area contributed by atoms with Crippen molar-refractivity contribution in [2.24, 2.45) is 0 Å². The van der Waals surface area contributed by atoms with Crippen LogP contribution in [0.4, 0.5) is 4.39 Å². The molecule has 4 nitrogen and oxygen atoms in total. The third kappa shape index (κ3) is 4.20. The average Bonchev–Trinajstić information content (AvgIpc) is 3.06. The molecule has 1 aliphatic heterocycles. The Kier molecular flexibility index (Phi) is 5.60. The molecule has 0 aliphatic carbocycles. The fourth-order valence-electron chi connectivity index (χ4n) is 2.78. The lowest BCUT2D eigenvalue weighted by Gasteiger charge is -2.32. The van der Waals surface area contributed by atoms with Crippen LogP contribution < -0.4 is 0 Å². The first-order chi connectivity index (χ1) is 11.7. The molecule has 0 unspecified atom stereocenters. The maximum Gasteiger partial charge on any atom is 0.264 e. The number of amides is 1. The molecular weight excluding hydrogens is 329 g/mol. The second-order valence-corrected chi connectivity index (χ2v) is 6.94. The summed E-state index contributed by atoms with van der Waals surface area (Å²) in [7, 11) is 1.64. The van der Waals surface area contributed by atoms with E-state index in [-0.39, 0.29) is 17.8 Å². The Balaban J connectivity index is 1.61. The van der Waals surface area contributed by atoms with Gasteiger partial charge < -0.3 is 14.4 Å². The lowest BCUT2D eigenvalue weighted by atomic mass is 10.1. The topological polar surface area (TPSA) is 38.8 Å². The number of carbonyl (C=O) groups is 1. The average molecular weight is 349 g/mol. The molecule has 128 valence electrons. The maximum absolute atomic E-state index is 13.0. The number of ether oxygens (including phenoxy) is 2. The van der Waals surface area contributed by atoms with Gasteiger partial charge in [-0.25, -0.2) is 4.39 Å². The van der Waals surface area contributed by atoms with E-state index in [2.05, 4.69) is 0 Å². The highest BCUT2D eigenvalue weighted by molar-refractivity contribution is 7.14. The molecule has 2 heterocycles. The third-order valence-electron chi connectivity index (χ3n) is 3.96. The fraction of sp³-hybridized carbons (Fsp3) is 0.389. The number of thiophene rings is 1. The molecular formula is C18H20FNO3S. The van der Waals surface area contributed by atoms with Crippen LogP contribution in [0.1, 0.15) is 20.1 Å². The van der Waals surface area contributed by atoms with Crippen molar-refractivity contribution in [3.8, 4) is 0 Å². The quantitative estimate of drug-likeness (QED) is 0.833. The van der Waals surface area contributed by atoms with Crippen LogP contribution in [-0.2, 0) is 22.5 Å². The van der Waals surface area contributed by atoms with Crippen molar-refractivity contribution < 1.29 is 18.7 Å². The molecule has 0 bridgehead atoms. The molecule has 0 radical (unpaired) electrons. The molecule has 0 spiro atoms. The zero-order valence-electron chi connectivity index (χ0n) is 13.5. The van der Waals surface area contributed by atoms with Crippen molar-refractivity contribution in [2.45, 2.75) is 19.1 Å². The lowest BCUT2D eigenvalue weighted by Crippen LogP contribution is -2.46. The van der Waals surface area contributed by atoms with Gasteiger partial charge in [0.2, 0.25) is 0 Å². The lowest BCUT2D eigenvalue weighted by molar-refractivity contribution is -0.0206.